The van der Waals surface area contributed by atoms with E-state index < -0.39 is 8.32 Å². The molecule has 7 heteroatoms. The summed E-state index contributed by atoms with van der Waals surface area (Å²) in [6.07, 6.45) is 1.81. The summed E-state index contributed by atoms with van der Waals surface area (Å²) in [4.78, 5) is 4.78. The lowest BCUT2D eigenvalue weighted by Gasteiger charge is -2.36. The summed E-state index contributed by atoms with van der Waals surface area (Å²) in [6, 6.07) is 9.90. The molecule has 2 aromatic heterocycles. The van der Waals surface area contributed by atoms with Crippen LogP contribution in [-0.4, -0.2) is 30.2 Å². The van der Waals surface area contributed by atoms with Gasteiger partial charge in [-0.2, -0.15) is 5.10 Å². The van der Waals surface area contributed by atoms with Crippen LogP contribution in [-0.2, 0) is 11.0 Å². The molecule has 27 heavy (non-hydrogen) atoms. The van der Waals surface area contributed by atoms with Gasteiger partial charge in [-0.15, -0.1) is 0 Å². The van der Waals surface area contributed by atoms with E-state index in [0.717, 1.165) is 32.6 Å². The maximum atomic E-state index is 6.31. The molecule has 0 aliphatic heterocycles. The van der Waals surface area contributed by atoms with Gasteiger partial charge in [0.1, 0.15) is 5.75 Å². The minimum Gasteiger partial charge on any atom is -0.496 e. The van der Waals surface area contributed by atoms with Crippen LogP contribution in [0.15, 0.2) is 41.0 Å². The smallest absolute Gasteiger partial charge is 0.192 e. The molecule has 0 aliphatic carbocycles. The molecule has 0 atom stereocenters. The summed E-state index contributed by atoms with van der Waals surface area (Å²) in [6.45, 7) is 11.7. The van der Waals surface area contributed by atoms with Crippen molar-refractivity contribution < 1.29 is 9.16 Å². The maximum Gasteiger partial charge on any atom is 0.192 e. The highest BCUT2D eigenvalue weighted by atomic mass is 79.9. The SMILES string of the molecule is COc1cc(Br)cc2c1cnn2-c1cccc(CO[Si](C)(C)C(C)(C)C)n1. The summed E-state index contributed by atoms with van der Waals surface area (Å²) in [5.74, 6) is 1.55. The third-order valence-electron chi connectivity index (χ3n) is 5.23. The van der Waals surface area contributed by atoms with E-state index in [-0.39, 0.29) is 5.04 Å². The first kappa shape index (κ1) is 20.0. The molecule has 1 aromatic carbocycles. The van der Waals surface area contributed by atoms with Crippen molar-refractivity contribution in [2.75, 3.05) is 7.11 Å². The van der Waals surface area contributed by atoms with E-state index in [1.54, 1.807) is 13.3 Å². The molecular formula is C20H26BrN3O2Si. The van der Waals surface area contributed by atoms with Crippen LogP contribution < -0.4 is 4.74 Å². The van der Waals surface area contributed by atoms with E-state index in [4.69, 9.17) is 14.1 Å². The number of methoxy groups -OCH3 is 1. The Morgan fingerprint density at radius 3 is 2.59 bits per heavy atom. The number of hydrogen-bond donors (Lipinski definition) is 0. The van der Waals surface area contributed by atoms with Gasteiger partial charge in [-0.05, 0) is 42.4 Å². The van der Waals surface area contributed by atoms with Gasteiger partial charge in [0.25, 0.3) is 0 Å². The number of fused-ring (bicyclic) bond motifs is 1. The molecule has 0 bridgehead atoms. The van der Waals surface area contributed by atoms with Crippen molar-refractivity contribution in [3.05, 3.63) is 46.7 Å². The zero-order chi connectivity index (χ0) is 19.8. The third-order valence-corrected chi connectivity index (χ3v) is 10.2. The number of ether oxygens (including phenoxy) is 1. The second kappa shape index (κ2) is 7.37. The highest BCUT2D eigenvalue weighted by molar-refractivity contribution is 9.10. The Kier molecular flexibility index (Phi) is 5.47. The molecule has 3 aromatic rings. The van der Waals surface area contributed by atoms with Crippen molar-refractivity contribution in [2.45, 2.75) is 45.5 Å². The summed E-state index contributed by atoms with van der Waals surface area (Å²) >= 11 is 3.54. The molecule has 0 aliphatic rings. The van der Waals surface area contributed by atoms with Gasteiger partial charge in [0.05, 0.1) is 36.5 Å². The summed E-state index contributed by atoms with van der Waals surface area (Å²) in [5.41, 5.74) is 1.85. The molecule has 5 nitrogen and oxygen atoms in total. The lowest BCUT2D eigenvalue weighted by molar-refractivity contribution is 0.272. The Hall–Kier alpha value is -1.70. The first-order chi connectivity index (χ1) is 12.6. The number of pyridine rings is 1. The van der Waals surface area contributed by atoms with E-state index in [0.29, 0.717) is 6.61 Å². The number of hydrogen-bond acceptors (Lipinski definition) is 4. The second-order valence-electron chi connectivity index (χ2n) is 8.13. The van der Waals surface area contributed by atoms with Gasteiger partial charge in [-0.1, -0.05) is 42.8 Å². The molecule has 0 saturated heterocycles. The zero-order valence-electron chi connectivity index (χ0n) is 16.7. The minimum atomic E-state index is -1.82. The number of rotatable bonds is 5. The Labute approximate surface area is 170 Å². The van der Waals surface area contributed by atoms with Gasteiger partial charge in [-0.3, -0.25) is 0 Å². The highest BCUT2D eigenvalue weighted by Gasteiger charge is 2.37. The standard InChI is InChI=1S/C20H26BrN3O2Si/c1-20(2,3)27(5,6)26-13-15-8-7-9-19(23-15)24-17-10-14(21)11-18(25-4)16(17)12-22-24/h7-12H,13H2,1-6H3. The van der Waals surface area contributed by atoms with Crippen LogP contribution >= 0.6 is 15.9 Å². The van der Waals surface area contributed by atoms with Crippen molar-refractivity contribution in [3.8, 4) is 11.6 Å². The summed E-state index contributed by atoms with van der Waals surface area (Å²) in [5, 5.41) is 5.65. The number of halogens is 1. The topological polar surface area (TPSA) is 49.2 Å². The fourth-order valence-corrected chi connectivity index (χ4v) is 3.92. The Morgan fingerprint density at radius 2 is 1.93 bits per heavy atom. The van der Waals surface area contributed by atoms with Crippen molar-refractivity contribution in [2.24, 2.45) is 0 Å². The predicted octanol–water partition coefficient (Wildman–Crippen LogP) is 5.71. The van der Waals surface area contributed by atoms with E-state index in [2.05, 4.69) is 54.9 Å². The highest BCUT2D eigenvalue weighted by Crippen LogP contribution is 2.37. The number of nitrogens with zero attached hydrogens (tertiary/aromatic N) is 3. The Morgan fingerprint density at radius 1 is 1.19 bits per heavy atom. The predicted molar refractivity (Wildman–Crippen MR) is 115 cm³/mol. The van der Waals surface area contributed by atoms with Crippen molar-refractivity contribution in [1.82, 2.24) is 14.8 Å². The third kappa shape index (κ3) is 4.10. The molecular weight excluding hydrogens is 422 g/mol. The van der Waals surface area contributed by atoms with Crippen molar-refractivity contribution >= 4 is 35.2 Å². The largest absolute Gasteiger partial charge is 0.496 e. The van der Waals surface area contributed by atoms with E-state index in [9.17, 15) is 0 Å². The molecule has 3 rings (SSSR count). The van der Waals surface area contributed by atoms with Crippen molar-refractivity contribution in [3.63, 3.8) is 0 Å². The van der Waals surface area contributed by atoms with Crippen LogP contribution in [0, 0.1) is 0 Å². The van der Waals surface area contributed by atoms with Crippen LogP contribution in [0.4, 0.5) is 0 Å². The van der Waals surface area contributed by atoms with Crippen LogP contribution in [0.25, 0.3) is 16.7 Å². The molecule has 0 saturated carbocycles. The van der Waals surface area contributed by atoms with Crippen LogP contribution in [0.3, 0.4) is 0 Å². The average molecular weight is 448 g/mol. The lowest BCUT2D eigenvalue weighted by atomic mass is 10.2. The summed E-state index contributed by atoms with van der Waals surface area (Å²) < 4.78 is 14.6. The maximum absolute atomic E-state index is 6.31. The van der Waals surface area contributed by atoms with Crippen molar-refractivity contribution in [1.29, 1.82) is 0 Å². The van der Waals surface area contributed by atoms with Crippen LogP contribution in [0.5, 0.6) is 5.75 Å². The number of aromatic nitrogens is 3. The van der Waals surface area contributed by atoms with Gasteiger partial charge in [0.2, 0.25) is 0 Å². The normalized spacial score (nSPS) is 12.6. The molecule has 0 N–H and O–H groups in total. The minimum absolute atomic E-state index is 0.172. The van der Waals surface area contributed by atoms with E-state index in [1.165, 1.54) is 0 Å². The zero-order valence-corrected chi connectivity index (χ0v) is 19.3. The van der Waals surface area contributed by atoms with Gasteiger partial charge < -0.3 is 9.16 Å². The average Bonchev–Trinajstić information content (AvgIpc) is 3.02. The fraction of sp³-hybridized carbons (Fsp3) is 0.400. The van der Waals surface area contributed by atoms with Crippen LogP contribution in [0.2, 0.25) is 18.1 Å². The van der Waals surface area contributed by atoms with Gasteiger partial charge >= 0.3 is 0 Å². The van der Waals surface area contributed by atoms with E-state index >= 15 is 0 Å². The van der Waals surface area contributed by atoms with Gasteiger partial charge in [-0.25, -0.2) is 9.67 Å². The molecule has 0 unspecified atom stereocenters. The monoisotopic (exact) mass is 447 g/mol. The molecule has 0 fully saturated rings. The van der Waals surface area contributed by atoms with E-state index in [1.807, 2.05) is 35.0 Å². The second-order valence-corrected chi connectivity index (χ2v) is 13.9. The quantitative estimate of drug-likeness (QED) is 0.469. The number of benzene rings is 1. The molecule has 0 spiro atoms. The first-order valence-electron chi connectivity index (χ1n) is 8.94. The van der Waals surface area contributed by atoms with Gasteiger partial charge in [0, 0.05) is 4.47 Å². The first-order valence-corrected chi connectivity index (χ1v) is 12.6. The molecule has 0 amide bonds. The lowest BCUT2D eigenvalue weighted by Crippen LogP contribution is -2.40. The molecule has 144 valence electrons. The fourth-order valence-electron chi connectivity index (χ4n) is 2.55. The summed E-state index contributed by atoms with van der Waals surface area (Å²) in [7, 11) is -0.158. The van der Waals surface area contributed by atoms with Gasteiger partial charge in [0.15, 0.2) is 14.1 Å². The Balaban J connectivity index is 1.93. The molecule has 2 heterocycles. The van der Waals surface area contributed by atoms with Crippen LogP contribution in [0.1, 0.15) is 26.5 Å². The Bertz CT molecular complexity index is 964. The molecule has 0 radical (unpaired) electrons.